The molecule has 1 N–H and O–H groups in total. The number of fused-ring (bicyclic) bond motifs is 1. The number of nitrogens with one attached hydrogen (secondary N) is 1. The van der Waals surface area contributed by atoms with Crippen molar-refractivity contribution in [2.45, 2.75) is 6.54 Å². The predicted molar refractivity (Wildman–Crippen MR) is 121 cm³/mol. The summed E-state index contributed by atoms with van der Waals surface area (Å²) in [5.41, 5.74) is 2.02. The molecule has 1 amide bonds. The lowest BCUT2D eigenvalue weighted by Gasteiger charge is -2.34. The van der Waals surface area contributed by atoms with Crippen molar-refractivity contribution in [2.24, 2.45) is 0 Å². The average molecular weight is 428 g/mol. The first-order chi connectivity index (χ1) is 14.1. The van der Waals surface area contributed by atoms with Crippen molar-refractivity contribution in [1.82, 2.24) is 9.80 Å². The molecular weight excluding hydrogens is 405 g/mol. The topological polar surface area (TPSA) is 35.6 Å². The van der Waals surface area contributed by atoms with E-state index in [-0.39, 0.29) is 5.91 Å². The van der Waals surface area contributed by atoms with Crippen LogP contribution < -0.4 is 5.32 Å². The van der Waals surface area contributed by atoms with Gasteiger partial charge in [-0.25, -0.2) is 0 Å². The first-order valence-corrected chi connectivity index (χ1v) is 10.5. The van der Waals surface area contributed by atoms with E-state index < -0.39 is 0 Å². The molecule has 0 aliphatic carbocycles. The van der Waals surface area contributed by atoms with Gasteiger partial charge in [0.1, 0.15) is 0 Å². The van der Waals surface area contributed by atoms with Crippen molar-refractivity contribution in [3.8, 4) is 0 Å². The Morgan fingerprint density at radius 3 is 2.38 bits per heavy atom. The van der Waals surface area contributed by atoms with Crippen LogP contribution in [0, 0.1) is 0 Å². The minimum absolute atomic E-state index is 0.0271. The van der Waals surface area contributed by atoms with Crippen molar-refractivity contribution >= 4 is 45.6 Å². The third-order valence-corrected chi connectivity index (χ3v) is 6.03. The lowest BCUT2D eigenvalue weighted by atomic mass is 10.1. The Kier molecular flexibility index (Phi) is 6.36. The highest BCUT2D eigenvalue weighted by molar-refractivity contribution is 6.42. The molecule has 1 heterocycles. The van der Waals surface area contributed by atoms with Crippen LogP contribution in [0.25, 0.3) is 10.8 Å². The summed E-state index contributed by atoms with van der Waals surface area (Å²) in [7, 11) is 0. The molecule has 1 aliphatic rings. The number of anilines is 1. The van der Waals surface area contributed by atoms with E-state index in [1.807, 2.05) is 48.5 Å². The van der Waals surface area contributed by atoms with Crippen molar-refractivity contribution in [3.05, 3.63) is 76.3 Å². The lowest BCUT2D eigenvalue weighted by molar-refractivity contribution is -0.117. The van der Waals surface area contributed by atoms with Gasteiger partial charge in [0.2, 0.25) is 5.91 Å². The number of hydrogen-bond acceptors (Lipinski definition) is 3. The second-order valence-corrected chi connectivity index (χ2v) is 8.19. The number of benzene rings is 3. The fraction of sp³-hybridized carbons (Fsp3) is 0.261. The van der Waals surface area contributed by atoms with E-state index in [1.54, 1.807) is 0 Å². The van der Waals surface area contributed by atoms with Gasteiger partial charge in [-0.3, -0.25) is 14.6 Å². The number of carbonyl (C=O) groups excluding carboxylic acids is 1. The quantitative estimate of drug-likeness (QED) is 0.628. The van der Waals surface area contributed by atoms with Crippen molar-refractivity contribution < 1.29 is 4.79 Å². The zero-order chi connectivity index (χ0) is 20.2. The highest BCUT2D eigenvalue weighted by atomic mass is 35.5. The molecule has 29 heavy (non-hydrogen) atoms. The summed E-state index contributed by atoms with van der Waals surface area (Å²) >= 11 is 12.1. The van der Waals surface area contributed by atoms with Gasteiger partial charge in [-0.2, -0.15) is 0 Å². The number of rotatable bonds is 5. The van der Waals surface area contributed by atoms with E-state index in [1.165, 1.54) is 0 Å². The Hall–Kier alpha value is -2.11. The molecule has 6 heteroatoms. The predicted octanol–water partition coefficient (Wildman–Crippen LogP) is 4.90. The van der Waals surface area contributed by atoms with Gasteiger partial charge in [0.15, 0.2) is 0 Å². The van der Waals surface area contributed by atoms with Crippen LogP contribution >= 0.6 is 23.2 Å². The Bertz CT molecular complexity index is 1010. The SMILES string of the molecule is O=C(CN1CCN(Cc2ccc(Cl)c(Cl)c2)CC1)Nc1cccc2ccccc12. The van der Waals surface area contributed by atoms with E-state index in [0.29, 0.717) is 16.6 Å². The van der Waals surface area contributed by atoms with Gasteiger partial charge in [-0.1, -0.05) is 65.7 Å². The molecule has 1 fully saturated rings. The summed E-state index contributed by atoms with van der Waals surface area (Å²) in [4.78, 5) is 17.1. The van der Waals surface area contributed by atoms with E-state index in [2.05, 4.69) is 27.2 Å². The summed E-state index contributed by atoms with van der Waals surface area (Å²) in [5, 5.41) is 6.44. The molecule has 3 aromatic rings. The summed E-state index contributed by atoms with van der Waals surface area (Å²) in [6.07, 6.45) is 0. The Morgan fingerprint density at radius 1 is 0.862 bits per heavy atom. The summed E-state index contributed by atoms with van der Waals surface area (Å²) in [5.74, 6) is 0.0271. The molecule has 1 aliphatic heterocycles. The molecule has 0 radical (unpaired) electrons. The average Bonchev–Trinajstić information content (AvgIpc) is 2.72. The maximum Gasteiger partial charge on any atom is 0.238 e. The molecule has 0 aromatic heterocycles. The monoisotopic (exact) mass is 427 g/mol. The smallest absolute Gasteiger partial charge is 0.238 e. The zero-order valence-corrected chi connectivity index (χ0v) is 17.6. The standard InChI is InChI=1S/C23H23Cl2N3O/c24-20-9-8-17(14-21(20)25)15-27-10-12-28(13-11-27)16-23(29)26-22-7-3-5-18-4-1-2-6-19(18)22/h1-9,14H,10-13,15-16H2,(H,26,29). The van der Waals surface area contributed by atoms with Gasteiger partial charge < -0.3 is 5.32 Å². The number of hydrogen-bond donors (Lipinski definition) is 1. The summed E-state index contributed by atoms with van der Waals surface area (Å²) < 4.78 is 0. The zero-order valence-electron chi connectivity index (χ0n) is 16.1. The third kappa shape index (κ3) is 5.09. The third-order valence-electron chi connectivity index (χ3n) is 5.29. The summed E-state index contributed by atoms with van der Waals surface area (Å²) in [6.45, 7) is 4.81. The largest absolute Gasteiger partial charge is 0.324 e. The maximum atomic E-state index is 12.6. The normalized spacial score (nSPS) is 15.5. The molecule has 150 valence electrons. The number of amides is 1. The van der Waals surface area contributed by atoms with Gasteiger partial charge in [0.25, 0.3) is 0 Å². The fourth-order valence-electron chi connectivity index (χ4n) is 3.73. The highest BCUT2D eigenvalue weighted by Crippen LogP contribution is 2.24. The van der Waals surface area contributed by atoms with Crippen molar-refractivity contribution in [2.75, 3.05) is 38.0 Å². The van der Waals surface area contributed by atoms with Crippen LogP contribution in [0.15, 0.2) is 60.7 Å². The maximum absolute atomic E-state index is 12.6. The van der Waals surface area contributed by atoms with Crippen LogP contribution in [0.2, 0.25) is 10.0 Å². The van der Waals surface area contributed by atoms with E-state index in [4.69, 9.17) is 23.2 Å². The lowest BCUT2D eigenvalue weighted by Crippen LogP contribution is -2.48. The van der Waals surface area contributed by atoms with Crippen molar-refractivity contribution in [3.63, 3.8) is 0 Å². The van der Waals surface area contributed by atoms with Crippen LogP contribution in [-0.4, -0.2) is 48.4 Å². The van der Waals surface area contributed by atoms with Gasteiger partial charge in [0, 0.05) is 43.8 Å². The van der Waals surface area contributed by atoms with Crippen molar-refractivity contribution in [1.29, 1.82) is 0 Å². The Labute approximate surface area is 181 Å². The molecule has 0 bridgehead atoms. The number of halogens is 2. The molecule has 0 atom stereocenters. The van der Waals surface area contributed by atoms with Gasteiger partial charge in [-0.15, -0.1) is 0 Å². The molecule has 3 aromatic carbocycles. The first-order valence-electron chi connectivity index (χ1n) is 9.75. The minimum atomic E-state index is 0.0271. The Balaban J connectivity index is 1.29. The minimum Gasteiger partial charge on any atom is -0.324 e. The van der Waals surface area contributed by atoms with E-state index in [9.17, 15) is 4.79 Å². The van der Waals surface area contributed by atoms with Gasteiger partial charge in [-0.05, 0) is 29.1 Å². The summed E-state index contributed by atoms with van der Waals surface area (Å²) in [6, 6.07) is 19.8. The fourth-order valence-corrected chi connectivity index (χ4v) is 4.05. The Morgan fingerprint density at radius 2 is 1.59 bits per heavy atom. The molecule has 1 saturated heterocycles. The van der Waals surface area contributed by atoms with Crippen LogP contribution in [0.4, 0.5) is 5.69 Å². The van der Waals surface area contributed by atoms with Gasteiger partial charge >= 0.3 is 0 Å². The number of carbonyl (C=O) groups is 1. The van der Waals surface area contributed by atoms with Gasteiger partial charge in [0.05, 0.1) is 16.6 Å². The molecule has 4 rings (SSSR count). The second-order valence-electron chi connectivity index (χ2n) is 7.38. The molecule has 0 spiro atoms. The number of nitrogens with zero attached hydrogens (tertiary/aromatic N) is 2. The van der Waals surface area contributed by atoms with Crippen LogP contribution in [0.5, 0.6) is 0 Å². The number of piperazine rings is 1. The van der Waals surface area contributed by atoms with Crippen LogP contribution in [0.1, 0.15) is 5.56 Å². The molecular formula is C23H23Cl2N3O. The van der Waals surface area contributed by atoms with E-state index >= 15 is 0 Å². The molecule has 0 unspecified atom stereocenters. The molecule has 4 nitrogen and oxygen atoms in total. The molecule has 0 saturated carbocycles. The second kappa shape index (κ2) is 9.14. The highest BCUT2D eigenvalue weighted by Gasteiger charge is 2.19. The first kappa shape index (κ1) is 20.2. The van der Waals surface area contributed by atoms with Crippen LogP contribution in [-0.2, 0) is 11.3 Å². The van der Waals surface area contributed by atoms with Crippen LogP contribution in [0.3, 0.4) is 0 Å². The van der Waals surface area contributed by atoms with E-state index in [0.717, 1.165) is 54.7 Å².